The third-order valence-corrected chi connectivity index (χ3v) is 2.82. The van der Waals surface area contributed by atoms with Gasteiger partial charge in [-0.25, -0.2) is 0 Å². The fourth-order valence-corrected chi connectivity index (χ4v) is 2.24. The summed E-state index contributed by atoms with van der Waals surface area (Å²) in [5.74, 6) is 1.76. The fraction of sp³-hybridized carbons (Fsp3) is 0.714. The highest BCUT2D eigenvalue weighted by Crippen LogP contribution is 2.25. The molecule has 0 aliphatic rings. The van der Waals surface area contributed by atoms with Crippen molar-refractivity contribution >= 4 is 0 Å². The van der Waals surface area contributed by atoms with Crippen LogP contribution in [0.2, 0.25) is 0 Å². The summed E-state index contributed by atoms with van der Waals surface area (Å²) >= 11 is 0. The van der Waals surface area contributed by atoms with Gasteiger partial charge in [-0.2, -0.15) is 0 Å². The van der Waals surface area contributed by atoms with Crippen molar-refractivity contribution in [1.29, 1.82) is 0 Å². The number of hydrogen-bond donors (Lipinski definition) is 1. The second-order valence-corrected chi connectivity index (χ2v) is 5.88. The molecule has 0 saturated heterocycles. The zero-order valence-corrected chi connectivity index (χ0v) is 11.2. The van der Waals surface area contributed by atoms with Crippen molar-refractivity contribution < 1.29 is 4.42 Å². The lowest BCUT2D eigenvalue weighted by Crippen LogP contribution is -2.32. The molecule has 1 aromatic heterocycles. The molecular formula is C14H25NO. The van der Waals surface area contributed by atoms with Crippen LogP contribution in [0.15, 0.2) is 22.8 Å². The van der Waals surface area contributed by atoms with Gasteiger partial charge in [0.2, 0.25) is 0 Å². The Morgan fingerprint density at radius 2 is 2.00 bits per heavy atom. The molecule has 2 nitrogen and oxygen atoms in total. The Bertz CT molecular complexity index is 288. The standard InChI is InChI=1S/C14H25NO/c1-11(2)9-14(4,5)10-15-12(3)13-7-6-8-16-13/h6-8,11-12,15H,9-10H2,1-5H3. The molecule has 0 radical (unpaired) electrons. The highest BCUT2D eigenvalue weighted by Gasteiger charge is 2.20. The van der Waals surface area contributed by atoms with Gasteiger partial charge in [0.1, 0.15) is 5.76 Å². The smallest absolute Gasteiger partial charge is 0.120 e. The highest BCUT2D eigenvalue weighted by molar-refractivity contribution is 5.03. The number of rotatable bonds is 6. The minimum Gasteiger partial charge on any atom is -0.468 e. The van der Waals surface area contributed by atoms with Crippen molar-refractivity contribution in [3.8, 4) is 0 Å². The summed E-state index contributed by atoms with van der Waals surface area (Å²) in [6, 6.07) is 4.25. The van der Waals surface area contributed by atoms with E-state index in [9.17, 15) is 0 Å². The first-order chi connectivity index (χ1) is 7.41. The third-order valence-electron chi connectivity index (χ3n) is 2.82. The molecule has 0 aliphatic carbocycles. The Kier molecular flexibility index (Phi) is 4.60. The Morgan fingerprint density at radius 3 is 2.50 bits per heavy atom. The molecule has 0 bridgehead atoms. The van der Waals surface area contributed by atoms with Gasteiger partial charge in [0.25, 0.3) is 0 Å². The molecule has 1 N–H and O–H groups in total. The second kappa shape index (κ2) is 5.53. The average Bonchev–Trinajstić information content (AvgIpc) is 2.64. The second-order valence-electron chi connectivity index (χ2n) is 5.88. The van der Waals surface area contributed by atoms with E-state index < -0.39 is 0 Å². The van der Waals surface area contributed by atoms with E-state index in [0.29, 0.717) is 11.5 Å². The van der Waals surface area contributed by atoms with Crippen LogP contribution < -0.4 is 5.32 Å². The summed E-state index contributed by atoms with van der Waals surface area (Å²) in [6.45, 7) is 12.3. The summed E-state index contributed by atoms with van der Waals surface area (Å²) in [4.78, 5) is 0. The van der Waals surface area contributed by atoms with E-state index in [1.807, 2.05) is 12.1 Å². The fourth-order valence-electron chi connectivity index (χ4n) is 2.24. The zero-order chi connectivity index (χ0) is 12.2. The molecular weight excluding hydrogens is 198 g/mol. The van der Waals surface area contributed by atoms with E-state index >= 15 is 0 Å². The molecule has 0 spiro atoms. The molecule has 1 aromatic rings. The predicted molar refractivity (Wildman–Crippen MR) is 68.4 cm³/mol. The van der Waals surface area contributed by atoms with E-state index in [2.05, 4.69) is 39.9 Å². The Labute approximate surface area is 99.4 Å². The summed E-state index contributed by atoms with van der Waals surface area (Å²) in [6.07, 6.45) is 2.97. The van der Waals surface area contributed by atoms with E-state index in [4.69, 9.17) is 4.42 Å². The highest BCUT2D eigenvalue weighted by atomic mass is 16.3. The van der Waals surface area contributed by atoms with Gasteiger partial charge in [-0.05, 0) is 36.8 Å². The minimum atomic E-state index is 0.293. The lowest BCUT2D eigenvalue weighted by Gasteiger charge is -2.28. The molecule has 16 heavy (non-hydrogen) atoms. The molecule has 1 atom stereocenters. The molecule has 1 heterocycles. The van der Waals surface area contributed by atoms with Crippen molar-refractivity contribution in [3.05, 3.63) is 24.2 Å². The first-order valence-electron chi connectivity index (χ1n) is 6.17. The van der Waals surface area contributed by atoms with Gasteiger partial charge in [-0.3, -0.25) is 0 Å². The quantitative estimate of drug-likeness (QED) is 0.788. The van der Waals surface area contributed by atoms with Gasteiger partial charge in [0.15, 0.2) is 0 Å². The molecule has 0 aliphatic heterocycles. The van der Waals surface area contributed by atoms with E-state index in [1.165, 1.54) is 6.42 Å². The summed E-state index contributed by atoms with van der Waals surface area (Å²) in [5, 5.41) is 3.54. The lowest BCUT2D eigenvalue weighted by molar-refractivity contribution is 0.258. The van der Waals surface area contributed by atoms with Crippen molar-refractivity contribution in [2.24, 2.45) is 11.3 Å². The summed E-state index contributed by atoms with van der Waals surface area (Å²) in [7, 11) is 0. The Balaban J connectivity index is 2.39. The van der Waals surface area contributed by atoms with Gasteiger partial charge in [0, 0.05) is 6.54 Å². The largest absolute Gasteiger partial charge is 0.468 e. The van der Waals surface area contributed by atoms with Crippen LogP contribution in [0.1, 0.15) is 52.8 Å². The minimum absolute atomic E-state index is 0.293. The van der Waals surface area contributed by atoms with Crippen LogP contribution in [0.5, 0.6) is 0 Å². The SMILES string of the molecule is CC(C)CC(C)(C)CNC(C)c1ccco1. The van der Waals surface area contributed by atoms with Crippen LogP contribution in [-0.4, -0.2) is 6.54 Å². The normalized spacial score (nSPS) is 14.4. The number of furan rings is 1. The molecule has 2 heteroatoms. The zero-order valence-electron chi connectivity index (χ0n) is 11.2. The van der Waals surface area contributed by atoms with Gasteiger partial charge in [-0.1, -0.05) is 27.7 Å². The maximum absolute atomic E-state index is 5.38. The van der Waals surface area contributed by atoms with Gasteiger partial charge >= 0.3 is 0 Å². The average molecular weight is 223 g/mol. The number of hydrogen-bond acceptors (Lipinski definition) is 2. The molecule has 1 rings (SSSR count). The number of nitrogens with one attached hydrogen (secondary N) is 1. The van der Waals surface area contributed by atoms with Crippen LogP contribution in [0, 0.1) is 11.3 Å². The first kappa shape index (κ1) is 13.3. The van der Waals surface area contributed by atoms with Crippen LogP contribution in [0.3, 0.4) is 0 Å². The van der Waals surface area contributed by atoms with Gasteiger partial charge in [0.05, 0.1) is 12.3 Å². The van der Waals surface area contributed by atoms with Crippen LogP contribution in [0.4, 0.5) is 0 Å². The van der Waals surface area contributed by atoms with Crippen molar-refractivity contribution in [1.82, 2.24) is 5.32 Å². The topological polar surface area (TPSA) is 25.2 Å². The summed E-state index contributed by atoms with van der Waals surface area (Å²) in [5.41, 5.74) is 0.342. The maximum Gasteiger partial charge on any atom is 0.120 e. The van der Waals surface area contributed by atoms with Crippen LogP contribution in [0.25, 0.3) is 0 Å². The van der Waals surface area contributed by atoms with Gasteiger partial charge < -0.3 is 9.73 Å². The maximum atomic E-state index is 5.38. The van der Waals surface area contributed by atoms with E-state index in [1.54, 1.807) is 6.26 Å². The first-order valence-corrected chi connectivity index (χ1v) is 6.17. The predicted octanol–water partition coefficient (Wildman–Crippen LogP) is 4.00. The van der Waals surface area contributed by atoms with Crippen molar-refractivity contribution in [2.45, 2.75) is 47.1 Å². The molecule has 92 valence electrons. The Hall–Kier alpha value is -0.760. The van der Waals surface area contributed by atoms with Gasteiger partial charge in [-0.15, -0.1) is 0 Å². The molecule has 0 fully saturated rings. The molecule has 0 saturated carbocycles. The molecule has 0 amide bonds. The van der Waals surface area contributed by atoms with Crippen LogP contribution in [-0.2, 0) is 0 Å². The molecule has 1 unspecified atom stereocenters. The van der Waals surface area contributed by atoms with Crippen LogP contribution >= 0.6 is 0 Å². The monoisotopic (exact) mass is 223 g/mol. The van der Waals surface area contributed by atoms with E-state index in [-0.39, 0.29) is 0 Å². The Morgan fingerprint density at radius 1 is 1.31 bits per heavy atom. The van der Waals surface area contributed by atoms with Crippen molar-refractivity contribution in [3.63, 3.8) is 0 Å². The third kappa shape index (κ3) is 4.40. The van der Waals surface area contributed by atoms with Crippen molar-refractivity contribution in [2.75, 3.05) is 6.54 Å². The molecule has 0 aromatic carbocycles. The van der Waals surface area contributed by atoms with E-state index in [0.717, 1.165) is 18.2 Å². The summed E-state index contributed by atoms with van der Waals surface area (Å²) < 4.78 is 5.38. The lowest BCUT2D eigenvalue weighted by atomic mass is 9.84.